The quantitative estimate of drug-likeness (QED) is 0.392. The van der Waals surface area contributed by atoms with Crippen LogP contribution in [0.25, 0.3) is 0 Å². The van der Waals surface area contributed by atoms with Crippen LogP contribution in [0, 0.1) is 0 Å². The van der Waals surface area contributed by atoms with Crippen LogP contribution in [0.15, 0.2) is 0 Å². The maximum Gasteiger partial charge on any atom is 0.183 e. The van der Waals surface area contributed by atoms with Crippen molar-refractivity contribution in [1.82, 2.24) is 0 Å². The summed E-state index contributed by atoms with van der Waals surface area (Å²) in [6, 6.07) is 0. The summed E-state index contributed by atoms with van der Waals surface area (Å²) in [6.07, 6.45) is 0. The van der Waals surface area contributed by atoms with Crippen LogP contribution in [0.3, 0.4) is 0 Å². The highest BCUT2D eigenvalue weighted by atomic mass is 19.1. The molecule has 0 aliphatic rings. The molecule has 0 aromatic rings. The number of aliphatic carboxylic acids is 1. The Morgan fingerprint density at radius 2 is 2.38 bits per heavy atom. The molecule has 0 amide bonds. The average Bonchev–Trinajstić information content (AvgIpc) is 1.67. The van der Waals surface area contributed by atoms with Gasteiger partial charge in [0.05, 0.1) is 5.97 Å². The van der Waals surface area contributed by atoms with Crippen molar-refractivity contribution in [3.05, 3.63) is 0 Å². The molecule has 0 saturated heterocycles. The van der Waals surface area contributed by atoms with E-state index >= 15 is 0 Å². The Morgan fingerprint density at radius 3 is 2.38 bits per heavy atom. The molecule has 0 bridgehead atoms. The topological polar surface area (TPSA) is 86.4 Å². The van der Waals surface area contributed by atoms with Crippen LogP contribution in [0.5, 0.6) is 0 Å². The standard InChI is InChI=1S/C3H6FNO3/c4-1-3(5,8)2(6)7/h8H,1,5H2,(H,6,7)/p-1. The molecule has 0 aliphatic heterocycles. The Morgan fingerprint density at radius 1 is 2.00 bits per heavy atom. The summed E-state index contributed by atoms with van der Waals surface area (Å²) in [6.45, 7) is -1.55. The lowest BCUT2D eigenvalue weighted by Crippen LogP contribution is -2.57. The maximum absolute atomic E-state index is 11.2. The highest BCUT2D eigenvalue weighted by molar-refractivity contribution is 5.74. The molecule has 5 heteroatoms. The van der Waals surface area contributed by atoms with Gasteiger partial charge in [-0.1, -0.05) is 0 Å². The van der Waals surface area contributed by atoms with Gasteiger partial charge in [0.15, 0.2) is 5.72 Å². The van der Waals surface area contributed by atoms with Crippen molar-refractivity contribution < 1.29 is 19.4 Å². The van der Waals surface area contributed by atoms with E-state index in [1.807, 2.05) is 0 Å². The second-order valence-corrected chi connectivity index (χ2v) is 1.35. The number of nitrogens with two attached hydrogens (primary N) is 1. The zero-order valence-electron chi connectivity index (χ0n) is 3.93. The fourth-order valence-electron chi connectivity index (χ4n) is 0.0546. The molecule has 1 atom stereocenters. The molecule has 8 heavy (non-hydrogen) atoms. The Balaban J connectivity index is 3.91. The van der Waals surface area contributed by atoms with Gasteiger partial charge in [-0.2, -0.15) is 0 Å². The van der Waals surface area contributed by atoms with Gasteiger partial charge in [-0.25, -0.2) is 4.39 Å². The Labute approximate surface area is 44.7 Å². The molecule has 0 aliphatic carbocycles. The first-order valence-electron chi connectivity index (χ1n) is 1.79. The predicted octanol–water partition coefficient (Wildman–Crippen LogP) is -2.65. The van der Waals surface area contributed by atoms with E-state index in [4.69, 9.17) is 5.11 Å². The largest absolute Gasteiger partial charge is 0.545 e. The number of hydrogen-bond donors (Lipinski definition) is 2. The number of halogens is 1. The number of alkyl halides is 1. The van der Waals surface area contributed by atoms with Crippen LogP contribution in [0.1, 0.15) is 0 Å². The normalized spacial score (nSPS) is 17.4. The second kappa shape index (κ2) is 2.06. The number of carbonyl (C=O) groups excluding carboxylic acids is 1. The first kappa shape index (κ1) is 7.32. The van der Waals surface area contributed by atoms with E-state index in [0.717, 1.165) is 0 Å². The predicted molar refractivity (Wildman–Crippen MR) is 20.1 cm³/mol. The van der Waals surface area contributed by atoms with Crippen LogP contribution in [0.4, 0.5) is 4.39 Å². The Bertz CT molecular complexity index is 103. The van der Waals surface area contributed by atoms with Gasteiger partial charge in [-0.05, 0) is 0 Å². The third kappa shape index (κ3) is 1.43. The molecule has 48 valence electrons. The molecule has 0 aromatic carbocycles. The summed E-state index contributed by atoms with van der Waals surface area (Å²) >= 11 is 0. The summed E-state index contributed by atoms with van der Waals surface area (Å²) in [7, 11) is 0. The van der Waals surface area contributed by atoms with Crippen LogP contribution >= 0.6 is 0 Å². The Hall–Kier alpha value is -0.680. The van der Waals surface area contributed by atoms with Gasteiger partial charge in [0.25, 0.3) is 0 Å². The molecule has 0 radical (unpaired) electrons. The van der Waals surface area contributed by atoms with E-state index in [-0.39, 0.29) is 0 Å². The van der Waals surface area contributed by atoms with Crippen molar-refractivity contribution in [2.75, 3.05) is 6.67 Å². The molecule has 0 rings (SSSR count). The minimum Gasteiger partial charge on any atom is -0.545 e. The van der Waals surface area contributed by atoms with Crippen molar-refractivity contribution in [3.63, 3.8) is 0 Å². The molecule has 4 nitrogen and oxygen atoms in total. The number of carboxylic acids is 1. The third-order valence-corrected chi connectivity index (χ3v) is 0.557. The molecule has 0 heterocycles. The van der Waals surface area contributed by atoms with Gasteiger partial charge in [0.1, 0.15) is 6.67 Å². The molecular weight excluding hydrogens is 117 g/mol. The molecule has 3 N–H and O–H groups in total. The highest BCUT2D eigenvalue weighted by Crippen LogP contribution is 1.91. The van der Waals surface area contributed by atoms with E-state index in [1.54, 1.807) is 0 Å². The fraction of sp³-hybridized carbons (Fsp3) is 0.667. The highest BCUT2D eigenvalue weighted by Gasteiger charge is 2.21. The van der Waals surface area contributed by atoms with Gasteiger partial charge in [0, 0.05) is 0 Å². The summed E-state index contributed by atoms with van der Waals surface area (Å²) in [5.41, 5.74) is 1.56. The SMILES string of the molecule is NC(O)(CF)C(=O)[O-]. The summed E-state index contributed by atoms with van der Waals surface area (Å²) in [5, 5.41) is 17.7. The van der Waals surface area contributed by atoms with E-state index in [1.165, 1.54) is 0 Å². The monoisotopic (exact) mass is 122 g/mol. The minimum absolute atomic E-state index is 1.55. The summed E-state index contributed by atoms with van der Waals surface area (Å²) in [5.74, 6) is -2.01. The van der Waals surface area contributed by atoms with E-state index in [2.05, 4.69) is 5.73 Å². The van der Waals surface area contributed by atoms with E-state index < -0.39 is 18.4 Å². The lowest BCUT2D eigenvalue weighted by molar-refractivity contribution is -0.325. The van der Waals surface area contributed by atoms with Crippen LogP contribution < -0.4 is 10.8 Å². The van der Waals surface area contributed by atoms with E-state index in [9.17, 15) is 14.3 Å². The van der Waals surface area contributed by atoms with Gasteiger partial charge in [-0.3, -0.25) is 5.73 Å². The van der Waals surface area contributed by atoms with Gasteiger partial charge in [0.2, 0.25) is 0 Å². The van der Waals surface area contributed by atoms with Crippen molar-refractivity contribution in [2.24, 2.45) is 5.73 Å². The zero-order chi connectivity index (χ0) is 6.78. The van der Waals surface area contributed by atoms with E-state index in [0.29, 0.717) is 0 Å². The summed E-state index contributed by atoms with van der Waals surface area (Å²) in [4.78, 5) is 9.53. The van der Waals surface area contributed by atoms with Crippen molar-refractivity contribution in [3.8, 4) is 0 Å². The number of carbonyl (C=O) groups is 1. The molecule has 0 fully saturated rings. The number of rotatable bonds is 2. The van der Waals surface area contributed by atoms with Gasteiger partial charge >= 0.3 is 0 Å². The second-order valence-electron chi connectivity index (χ2n) is 1.35. The maximum atomic E-state index is 11.2. The zero-order valence-corrected chi connectivity index (χ0v) is 3.93. The minimum atomic E-state index is -2.82. The van der Waals surface area contributed by atoms with Crippen molar-refractivity contribution in [1.29, 1.82) is 0 Å². The van der Waals surface area contributed by atoms with Gasteiger partial charge in [-0.15, -0.1) is 0 Å². The molecule has 1 unspecified atom stereocenters. The molecule has 0 aromatic heterocycles. The lowest BCUT2D eigenvalue weighted by atomic mass is 10.3. The third-order valence-electron chi connectivity index (χ3n) is 0.557. The molecule has 0 saturated carbocycles. The number of carboxylic acid groups (broad SMARTS) is 1. The van der Waals surface area contributed by atoms with Crippen molar-refractivity contribution >= 4 is 5.97 Å². The first-order valence-corrected chi connectivity index (χ1v) is 1.79. The Kier molecular flexibility index (Phi) is 1.88. The number of hydrogen-bond acceptors (Lipinski definition) is 4. The van der Waals surface area contributed by atoms with Crippen LogP contribution in [-0.2, 0) is 4.79 Å². The lowest BCUT2D eigenvalue weighted by Gasteiger charge is -2.18. The smallest absolute Gasteiger partial charge is 0.183 e. The average molecular weight is 122 g/mol. The van der Waals surface area contributed by atoms with Crippen LogP contribution in [-0.4, -0.2) is 23.5 Å². The first-order chi connectivity index (χ1) is 3.50. The van der Waals surface area contributed by atoms with Crippen LogP contribution in [0.2, 0.25) is 0 Å². The molecular formula is C3H5FNO3-. The fourth-order valence-corrected chi connectivity index (χ4v) is 0.0546. The summed E-state index contributed by atoms with van der Waals surface area (Å²) < 4.78 is 11.2. The molecule has 0 spiro atoms. The number of aliphatic hydroxyl groups is 1. The van der Waals surface area contributed by atoms with Crippen molar-refractivity contribution in [2.45, 2.75) is 5.72 Å². The van der Waals surface area contributed by atoms with Gasteiger partial charge < -0.3 is 15.0 Å².